The van der Waals surface area contributed by atoms with Crippen molar-refractivity contribution in [3.63, 3.8) is 0 Å². The number of likely N-dealkylation sites (N-methyl/N-ethyl adjacent to an activating group) is 1. The molecule has 18 heavy (non-hydrogen) atoms. The summed E-state index contributed by atoms with van der Waals surface area (Å²) in [6.07, 6.45) is 2.11. The Morgan fingerprint density at radius 2 is 2.00 bits per heavy atom. The quantitative estimate of drug-likeness (QED) is 0.694. The van der Waals surface area contributed by atoms with Crippen LogP contribution in [0.2, 0.25) is 0 Å². The highest BCUT2D eigenvalue weighted by molar-refractivity contribution is 5.81. The summed E-state index contributed by atoms with van der Waals surface area (Å²) in [7, 11) is 0. The largest absolute Gasteiger partial charge is 0.353 e. The molecule has 5 heteroatoms. The zero-order chi connectivity index (χ0) is 12.8. The van der Waals surface area contributed by atoms with Gasteiger partial charge in [-0.2, -0.15) is 0 Å². The number of carbonyl (C=O) groups is 1. The Kier molecular flexibility index (Phi) is 5.41. The lowest BCUT2D eigenvalue weighted by molar-refractivity contribution is -0.122. The average Bonchev–Trinajstić information content (AvgIpc) is 2.93. The SMILES string of the molecule is CCN1CCN(CCNC(=O)[C@@H]2CCCN2)CC1. The summed E-state index contributed by atoms with van der Waals surface area (Å²) in [5, 5.41) is 6.27. The van der Waals surface area contributed by atoms with E-state index >= 15 is 0 Å². The topological polar surface area (TPSA) is 47.6 Å². The average molecular weight is 254 g/mol. The van der Waals surface area contributed by atoms with E-state index < -0.39 is 0 Å². The normalized spacial score (nSPS) is 26.4. The second kappa shape index (κ2) is 7.07. The summed E-state index contributed by atoms with van der Waals surface area (Å²) in [6, 6.07) is 0.0574. The standard InChI is InChI=1S/C13H26N4O/c1-2-16-8-10-17(11-9-16)7-6-15-13(18)12-4-3-5-14-12/h12,14H,2-11H2,1H3,(H,15,18)/t12-/m0/s1. The molecular weight excluding hydrogens is 228 g/mol. The zero-order valence-electron chi connectivity index (χ0n) is 11.5. The van der Waals surface area contributed by atoms with Gasteiger partial charge < -0.3 is 15.5 Å². The highest BCUT2D eigenvalue weighted by Gasteiger charge is 2.21. The molecule has 2 aliphatic heterocycles. The summed E-state index contributed by atoms with van der Waals surface area (Å²) >= 11 is 0. The predicted molar refractivity (Wildman–Crippen MR) is 72.6 cm³/mol. The molecule has 2 saturated heterocycles. The third-order valence-corrected chi connectivity index (χ3v) is 4.02. The lowest BCUT2D eigenvalue weighted by Gasteiger charge is -2.34. The molecule has 2 rings (SSSR count). The van der Waals surface area contributed by atoms with Gasteiger partial charge in [-0.15, -0.1) is 0 Å². The number of nitrogens with zero attached hydrogens (tertiary/aromatic N) is 2. The molecular formula is C13H26N4O. The fourth-order valence-corrected chi connectivity index (χ4v) is 2.70. The molecule has 2 heterocycles. The first-order valence-corrected chi connectivity index (χ1v) is 7.25. The van der Waals surface area contributed by atoms with E-state index in [4.69, 9.17) is 0 Å². The summed E-state index contributed by atoms with van der Waals surface area (Å²) in [6.45, 7) is 10.7. The molecule has 0 saturated carbocycles. The number of carbonyl (C=O) groups excluding carboxylic acids is 1. The maximum absolute atomic E-state index is 11.8. The van der Waals surface area contributed by atoms with Gasteiger partial charge in [0.1, 0.15) is 0 Å². The number of amides is 1. The fourth-order valence-electron chi connectivity index (χ4n) is 2.70. The molecule has 2 aliphatic rings. The van der Waals surface area contributed by atoms with E-state index in [2.05, 4.69) is 27.4 Å². The molecule has 2 N–H and O–H groups in total. The van der Waals surface area contributed by atoms with Crippen LogP contribution < -0.4 is 10.6 Å². The first-order valence-electron chi connectivity index (χ1n) is 7.25. The molecule has 0 unspecified atom stereocenters. The van der Waals surface area contributed by atoms with E-state index in [1.54, 1.807) is 0 Å². The third-order valence-electron chi connectivity index (χ3n) is 4.02. The molecule has 1 amide bonds. The summed E-state index contributed by atoms with van der Waals surface area (Å²) in [5.41, 5.74) is 0. The van der Waals surface area contributed by atoms with Gasteiger partial charge in [0.25, 0.3) is 0 Å². The van der Waals surface area contributed by atoms with Crippen LogP contribution in [0.15, 0.2) is 0 Å². The summed E-state index contributed by atoms with van der Waals surface area (Å²) in [5.74, 6) is 0.180. The molecule has 0 aliphatic carbocycles. The highest BCUT2D eigenvalue weighted by atomic mass is 16.2. The van der Waals surface area contributed by atoms with E-state index in [9.17, 15) is 4.79 Å². The van der Waals surface area contributed by atoms with Crippen molar-refractivity contribution in [2.24, 2.45) is 0 Å². The molecule has 0 radical (unpaired) electrons. The van der Waals surface area contributed by atoms with E-state index in [1.807, 2.05) is 0 Å². The van der Waals surface area contributed by atoms with Gasteiger partial charge in [-0.05, 0) is 25.9 Å². The van der Waals surface area contributed by atoms with Crippen LogP contribution in [0.3, 0.4) is 0 Å². The minimum absolute atomic E-state index is 0.0574. The third kappa shape index (κ3) is 3.93. The maximum Gasteiger partial charge on any atom is 0.237 e. The van der Waals surface area contributed by atoms with Crippen molar-refractivity contribution < 1.29 is 4.79 Å². The van der Waals surface area contributed by atoms with Crippen molar-refractivity contribution in [1.29, 1.82) is 0 Å². The van der Waals surface area contributed by atoms with E-state index in [-0.39, 0.29) is 11.9 Å². The van der Waals surface area contributed by atoms with Gasteiger partial charge in [0.05, 0.1) is 6.04 Å². The van der Waals surface area contributed by atoms with Gasteiger partial charge in [0.2, 0.25) is 5.91 Å². The summed E-state index contributed by atoms with van der Waals surface area (Å²) < 4.78 is 0. The predicted octanol–water partition coefficient (Wildman–Crippen LogP) is -0.508. The Labute approximate surface area is 110 Å². The van der Waals surface area contributed by atoms with Crippen LogP contribution in [0.5, 0.6) is 0 Å². The van der Waals surface area contributed by atoms with Crippen LogP contribution in [0, 0.1) is 0 Å². The van der Waals surface area contributed by atoms with Crippen LogP contribution in [-0.2, 0) is 4.79 Å². The van der Waals surface area contributed by atoms with Crippen LogP contribution >= 0.6 is 0 Å². The van der Waals surface area contributed by atoms with Crippen LogP contribution in [0.4, 0.5) is 0 Å². The second-order valence-electron chi connectivity index (χ2n) is 5.22. The molecule has 1 atom stereocenters. The molecule has 0 bridgehead atoms. The van der Waals surface area contributed by atoms with Gasteiger partial charge in [-0.1, -0.05) is 6.92 Å². The Balaban J connectivity index is 1.56. The van der Waals surface area contributed by atoms with Crippen molar-refractivity contribution in [1.82, 2.24) is 20.4 Å². The van der Waals surface area contributed by atoms with Crippen molar-refractivity contribution in [3.8, 4) is 0 Å². The van der Waals surface area contributed by atoms with Gasteiger partial charge in [0.15, 0.2) is 0 Å². The lowest BCUT2D eigenvalue weighted by Crippen LogP contribution is -2.49. The van der Waals surface area contributed by atoms with Crippen molar-refractivity contribution in [2.75, 3.05) is 52.4 Å². The van der Waals surface area contributed by atoms with Crippen LogP contribution in [-0.4, -0.2) is 74.1 Å². The van der Waals surface area contributed by atoms with Gasteiger partial charge in [-0.25, -0.2) is 0 Å². The molecule has 0 spiro atoms. The maximum atomic E-state index is 11.8. The first kappa shape index (κ1) is 13.8. The molecule has 2 fully saturated rings. The Hall–Kier alpha value is -0.650. The lowest BCUT2D eigenvalue weighted by atomic mass is 10.2. The van der Waals surface area contributed by atoms with E-state index in [0.717, 1.165) is 65.2 Å². The van der Waals surface area contributed by atoms with Gasteiger partial charge in [-0.3, -0.25) is 9.69 Å². The monoisotopic (exact) mass is 254 g/mol. The number of hydrogen-bond acceptors (Lipinski definition) is 4. The fraction of sp³-hybridized carbons (Fsp3) is 0.923. The van der Waals surface area contributed by atoms with E-state index in [1.165, 1.54) is 0 Å². The molecule has 0 aromatic carbocycles. The van der Waals surface area contributed by atoms with E-state index in [0.29, 0.717) is 0 Å². The van der Waals surface area contributed by atoms with Gasteiger partial charge in [0, 0.05) is 39.3 Å². The minimum Gasteiger partial charge on any atom is -0.353 e. The van der Waals surface area contributed by atoms with Crippen LogP contribution in [0.25, 0.3) is 0 Å². The second-order valence-corrected chi connectivity index (χ2v) is 5.22. The number of rotatable bonds is 5. The summed E-state index contributed by atoms with van der Waals surface area (Å²) in [4.78, 5) is 16.7. The molecule has 0 aromatic heterocycles. The Morgan fingerprint density at radius 1 is 1.28 bits per heavy atom. The van der Waals surface area contributed by atoms with Crippen LogP contribution in [0.1, 0.15) is 19.8 Å². The van der Waals surface area contributed by atoms with Crippen molar-refractivity contribution >= 4 is 5.91 Å². The molecule has 5 nitrogen and oxygen atoms in total. The highest BCUT2D eigenvalue weighted by Crippen LogP contribution is 2.04. The zero-order valence-corrected chi connectivity index (χ0v) is 11.5. The molecule has 0 aromatic rings. The molecule has 104 valence electrons. The Morgan fingerprint density at radius 3 is 2.61 bits per heavy atom. The minimum atomic E-state index is 0.0574. The van der Waals surface area contributed by atoms with Gasteiger partial charge >= 0.3 is 0 Å². The van der Waals surface area contributed by atoms with Crippen molar-refractivity contribution in [3.05, 3.63) is 0 Å². The smallest absolute Gasteiger partial charge is 0.237 e. The number of nitrogens with one attached hydrogen (secondary N) is 2. The van der Waals surface area contributed by atoms with Crippen molar-refractivity contribution in [2.45, 2.75) is 25.8 Å². The number of piperazine rings is 1. The Bertz CT molecular complexity index is 258. The number of hydrogen-bond donors (Lipinski definition) is 2. The first-order chi connectivity index (χ1) is 8.79.